The standard InChI is InChI=1S/C23H20Cl2N2O4/c1-29-20-9-8-17(12-21(20)30-2)23(28)27-26-13-16-10-18(24)22(19(25)11-16)31-14-15-6-4-3-5-7-15/h3-13H,14H2,1-2H3,(H,27,28)/b26-13+. The summed E-state index contributed by atoms with van der Waals surface area (Å²) < 4.78 is 16.1. The number of rotatable bonds is 8. The molecule has 3 rings (SSSR count). The topological polar surface area (TPSA) is 69.2 Å². The van der Waals surface area contributed by atoms with Crippen LogP contribution in [0, 0.1) is 0 Å². The summed E-state index contributed by atoms with van der Waals surface area (Å²) in [7, 11) is 3.02. The third kappa shape index (κ3) is 5.90. The van der Waals surface area contributed by atoms with E-state index in [-0.39, 0.29) is 0 Å². The fraction of sp³-hybridized carbons (Fsp3) is 0.130. The largest absolute Gasteiger partial charge is 0.493 e. The van der Waals surface area contributed by atoms with E-state index in [9.17, 15) is 4.79 Å². The van der Waals surface area contributed by atoms with Crippen LogP contribution in [0.15, 0.2) is 65.8 Å². The van der Waals surface area contributed by atoms with E-state index in [1.807, 2.05) is 30.3 Å². The van der Waals surface area contributed by atoms with E-state index in [0.717, 1.165) is 5.56 Å². The highest BCUT2D eigenvalue weighted by atomic mass is 35.5. The van der Waals surface area contributed by atoms with Crippen molar-refractivity contribution in [3.05, 3.63) is 87.4 Å². The molecule has 0 aliphatic rings. The van der Waals surface area contributed by atoms with Crippen LogP contribution in [-0.4, -0.2) is 26.3 Å². The van der Waals surface area contributed by atoms with Gasteiger partial charge in [0.1, 0.15) is 6.61 Å². The zero-order valence-electron chi connectivity index (χ0n) is 16.9. The van der Waals surface area contributed by atoms with Crippen LogP contribution in [0.1, 0.15) is 21.5 Å². The van der Waals surface area contributed by atoms with Gasteiger partial charge in [-0.15, -0.1) is 0 Å². The minimum Gasteiger partial charge on any atom is -0.493 e. The van der Waals surface area contributed by atoms with E-state index in [1.54, 1.807) is 30.3 Å². The summed E-state index contributed by atoms with van der Waals surface area (Å²) in [5.74, 6) is 0.959. The van der Waals surface area contributed by atoms with Crippen molar-refractivity contribution in [2.45, 2.75) is 6.61 Å². The molecule has 0 spiro atoms. The second-order valence-corrected chi connectivity index (χ2v) is 7.17. The van der Waals surface area contributed by atoms with Crippen LogP contribution >= 0.6 is 23.2 Å². The van der Waals surface area contributed by atoms with Crippen LogP contribution in [0.4, 0.5) is 0 Å². The molecule has 6 nitrogen and oxygen atoms in total. The number of hydrogen-bond acceptors (Lipinski definition) is 5. The van der Waals surface area contributed by atoms with Crippen LogP contribution in [0.3, 0.4) is 0 Å². The monoisotopic (exact) mass is 458 g/mol. The Morgan fingerprint density at radius 1 is 0.968 bits per heavy atom. The van der Waals surface area contributed by atoms with Crippen molar-refractivity contribution in [2.24, 2.45) is 5.10 Å². The summed E-state index contributed by atoms with van der Waals surface area (Å²) in [4.78, 5) is 12.3. The Hall–Kier alpha value is -3.22. The number of nitrogens with zero attached hydrogens (tertiary/aromatic N) is 1. The van der Waals surface area contributed by atoms with Crippen LogP contribution in [0.2, 0.25) is 10.0 Å². The van der Waals surface area contributed by atoms with Crippen molar-refractivity contribution in [2.75, 3.05) is 14.2 Å². The molecule has 0 bridgehead atoms. The van der Waals surface area contributed by atoms with Crippen molar-refractivity contribution in [1.82, 2.24) is 5.43 Å². The zero-order chi connectivity index (χ0) is 22.2. The molecule has 0 atom stereocenters. The molecule has 3 aromatic rings. The van der Waals surface area contributed by atoms with Gasteiger partial charge in [0.05, 0.1) is 30.5 Å². The number of carbonyl (C=O) groups excluding carboxylic acids is 1. The van der Waals surface area contributed by atoms with E-state index in [0.29, 0.717) is 45.0 Å². The molecule has 0 fully saturated rings. The van der Waals surface area contributed by atoms with Crippen molar-refractivity contribution in [3.63, 3.8) is 0 Å². The summed E-state index contributed by atoms with van der Waals surface area (Å²) in [6, 6.07) is 17.8. The molecule has 0 unspecified atom stereocenters. The smallest absolute Gasteiger partial charge is 0.271 e. The molecule has 3 aromatic carbocycles. The maximum atomic E-state index is 12.3. The number of halogens is 2. The predicted octanol–water partition coefficient (Wildman–Crippen LogP) is 5.35. The van der Waals surface area contributed by atoms with E-state index in [1.165, 1.54) is 20.4 Å². The lowest BCUT2D eigenvalue weighted by molar-refractivity contribution is 0.0954. The second-order valence-electron chi connectivity index (χ2n) is 6.36. The summed E-state index contributed by atoms with van der Waals surface area (Å²) in [5, 5.41) is 4.65. The first-order valence-corrected chi connectivity index (χ1v) is 9.98. The molecule has 0 aliphatic heterocycles. The molecule has 0 saturated carbocycles. The number of ether oxygens (including phenoxy) is 3. The fourth-order valence-corrected chi connectivity index (χ4v) is 3.34. The van der Waals surface area contributed by atoms with E-state index in [4.69, 9.17) is 37.4 Å². The van der Waals surface area contributed by atoms with E-state index < -0.39 is 5.91 Å². The first-order valence-electron chi connectivity index (χ1n) is 9.23. The Morgan fingerprint density at radius 2 is 1.65 bits per heavy atom. The summed E-state index contributed by atoms with van der Waals surface area (Å²) in [6.07, 6.45) is 1.44. The number of hydrazone groups is 1. The number of nitrogens with one attached hydrogen (secondary N) is 1. The van der Waals surface area contributed by atoms with Crippen LogP contribution in [0.25, 0.3) is 0 Å². The molecule has 1 amide bonds. The molecule has 0 aliphatic carbocycles. The lowest BCUT2D eigenvalue weighted by Gasteiger charge is -2.11. The van der Waals surface area contributed by atoms with E-state index in [2.05, 4.69) is 10.5 Å². The molecule has 0 heterocycles. The quantitative estimate of drug-likeness (QED) is 0.364. The minimum absolute atomic E-state index is 0.342. The second kappa shape index (κ2) is 10.7. The van der Waals surface area contributed by atoms with Gasteiger partial charge in [-0.05, 0) is 41.5 Å². The number of amides is 1. The summed E-state index contributed by atoms with van der Waals surface area (Å²) in [5.41, 5.74) is 4.43. The van der Waals surface area contributed by atoms with Gasteiger partial charge >= 0.3 is 0 Å². The molecule has 0 aromatic heterocycles. The van der Waals surface area contributed by atoms with Gasteiger partial charge < -0.3 is 14.2 Å². The highest BCUT2D eigenvalue weighted by Gasteiger charge is 2.11. The maximum absolute atomic E-state index is 12.3. The first kappa shape index (κ1) is 22.5. The maximum Gasteiger partial charge on any atom is 0.271 e. The zero-order valence-corrected chi connectivity index (χ0v) is 18.4. The van der Waals surface area contributed by atoms with Crippen LogP contribution in [-0.2, 0) is 6.61 Å². The average molecular weight is 459 g/mol. The summed E-state index contributed by atoms with van der Waals surface area (Å²) >= 11 is 12.6. The number of hydrogen-bond donors (Lipinski definition) is 1. The fourth-order valence-electron chi connectivity index (χ4n) is 2.73. The first-order chi connectivity index (χ1) is 15.0. The van der Waals surface area contributed by atoms with Gasteiger partial charge in [-0.1, -0.05) is 53.5 Å². The van der Waals surface area contributed by atoms with Crippen LogP contribution in [0.5, 0.6) is 17.2 Å². The molecule has 8 heteroatoms. The number of methoxy groups -OCH3 is 2. The Labute approximate surface area is 190 Å². The number of benzene rings is 3. The van der Waals surface area contributed by atoms with Crippen molar-refractivity contribution in [1.29, 1.82) is 0 Å². The van der Waals surface area contributed by atoms with Gasteiger partial charge in [-0.3, -0.25) is 4.79 Å². The SMILES string of the molecule is COc1ccc(C(=O)N/N=C/c2cc(Cl)c(OCc3ccccc3)c(Cl)c2)cc1OC. The predicted molar refractivity (Wildman–Crippen MR) is 122 cm³/mol. The van der Waals surface area contributed by atoms with Gasteiger partial charge in [0.15, 0.2) is 17.2 Å². The Bertz CT molecular complexity index is 1070. The van der Waals surface area contributed by atoms with Gasteiger partial charge in [-0.2, -0.15) is 5.10 Å². The van der Waals surface area contributed by atoms with Gasteiger partial charge in [0, 0.05) is 5.56 Å². The Morgan fingerprint density at radius 3 is 2.29 bits per heavy atom. The highest BCUT2D eigenvalue weighted by Crippen LogP contribution is 2.34. The summed E-state index contributed by atoms with van der Waals surface area (Å²) in [6.45, 7) is 0.342. The normalized spacial score (nSPS) is 10.7. The lowest BCUT2D eigenvalue weighted by atomic mass is 10.2. The Balaban J connectivity index is 1.65. The highest BCUT2D eigenvalue weighted by molar-refractivity contribution is 6.37. The number of carbonyl (C=O) groups is 1. The van der Waals surface area contributed by atoms with Crippen LogP contribution < -0.4 is 19.6 Å². The third-order valence-corrected chi connectivity index (χ3v) is 4.83. The lowest BCUT2D eigenvalue weighted by Crippen LogP contribution is -2.17. The molecular formula is C23H20Cl2N2O4. The Kier molecular flexibility index (Phi) is 7.76. The molecular weight excluding hydrogens is 439 g/mol. The molecule has 0 radical (unpaired) electrons. The van der Waals surface area contributed by atoms with Crippen molar-refractivity contribution < 1.29 is 19.0 Å². The third-order valence-electron chi connectivity index (χ3n) is 4.27. The van der Waals surface area contributed by atoms with Gasteiger partial charge in [-0.25, -0.2) is 5.43 Å². The molecule has 1 N–H and O–H groups in total. The minimum atomic E-state index is -0.405. The van der Waals surface area contributed by atoms with E-state index >= 15 is 0 Å². The van der Waals surface area contributed by atoms with Crippen molar-refractivity contribution >= 4 is 35.3 Å². The van der Waals surface area contributed by atoms with Gasteiger partial charge in [0.2, 0.25) is 0 Å². The molecule has 160 valence electrons. The average Bonchev–Trinajstić information content (AvgIpc) is 2.78. The van der Waals surface area contributed by atoms with Crippen molar-refractivity contribution in [3.8, 4) is 17.2 Å². The molecule has 31 heavy (non-hydrogen) atoms. The van der Waals surface area contributed by atoms with Gasteiger partial charge in [0.25, 0.3) is 5.91 Å². The molecule has 0 saturated heterocycles.